The van der Waals surface area contributed by atoms with E-state index in [9.17, 15) is 9.59 Å². The van der Waals surface area contributed by atoms with E-state index in [-0.39, 0.29) is 0 Å². The fourth-order valence-corrected chi connectivity index (χ4v) is 3.26. The number of carbonyl (C=O) groups excluding carboxylic acids is 2. The molecule has 0 spiro atoms. The minimum absolute atomic E-state index is 0.457. The van der Waals surface area contributed by atoms with Crippen LogP contribution in [0.15, 0.2) is 24.3 Å². The summed E-state index contributed by atoms with van der Waals surface area (Å²) in [4.78, 5) is 26.3. The Morgan fingerprint density at radius 2 is 1.96 bits per heavy atom. The van der Waals surface area contributed by atoms with Gasteiger partial charge in [-0.3, -0.25) is 9.59 Å². The number of nitrogens with one attached hydrogen (secondary N) is 2. The third-order valence-electron chi connectivity index (χ3n) is 4.80. The van der Waals surface area contributed by atoms with Crippen LogP contribution in [0.5, 0.6) is 0 Å². The number of morpholine rings is 1. The van der Waals surface area contributed by atoms with Crippen molar-refractivity contribution in [1.82, 2.24) is 9.88 Å². The van der Waals surface area contributed by atoms with Gasteiger partial charge in [0.15, 0.2) is 0 Å². The van der Waals surface area contributed by atoms with Crippen LogP contribution in [-0.2, 0) is 16.6 Å². The minimum Gasteiger partial charge on any atom is -0.370 e. The van der Waals surface area contributed by atoms with E-state index in [0.29, 0.717) is 12.1 Å². The monoisotopic (exact) mass is 330 g/mol. The third-order valence-corrected chi connectivity index (χ3v) is 4.80. The molecule has 3 rings (SSSR count). The van der Waals surface area contributed by atoms with Crippen LogP contribution in [0.3, 0.4) is 0 Å². The number of para-hydroxylation sites is 1. The first-order valence-corrected chi connectivity index (χ1v) is 8.37. The summed E-state index contributed by atoms with van der Waals surface area (Å²) in [5, 5.41) is 3.60. The zero-order chi connectivity index (χ0) is 17.1. The van der Waals surface area contributed by atoms with E-state index < -0.39 is 11.7 Å². The van der Waals surface area contributed by atoms with Crippen LogP contribution in [0, 0.1) is 6.92 Å². The Labute approximate surface area is 141 Å². The van der Waals surface area contributed by atoms with Crippen molar-refractivity contribution in [2.24, 2.45) is 7.05 Å². The maximum atomic E-state index is 12.6. The maximum Gasteiger partial charge on any atom is 0.292 e. The van der Waals surface area contributed by atoms with Crippen molar-refractivity contribution >= 4 is 22.6 Å². The number of aryl methyl sites for hydroxylation is 1. The van der Waals surface area contributed by atoms with E-state index in [0.717, 1.165) is 49.4 Å². The van der Waals surface area contributed by atoms with Crippen molar-refractivity contribution < 1.29 is 19.2 Å². The number of ketones is 1. The Morgan fingerprint density at radius 3 is 2.71 bits per heavy atom. The lowest BCUT2D eigenvalue weighted by molar-refractivity contribution is -0.906. The van der Waals surface area contributed by atoms with Crippen molar-refractivity contribution in [2.45, 2.75) is 6.92 Å². The van der Waals surface area contributed by atoms with Crippen molar-refractivity contribution in [1.29, 1.82) is 0 Å². The van der Waals surface area contributed by atoms with Gasteiger partial charge in [0, 0.05) is 23.6 Å². The summed E-state index contributed by atoms with van der Waals surface area (Å²) in [5.74, 6) is -0.983. The predicted molar refractivity (Wildman–Crippen MR) is 91.4 cm³/mol. The van der Waals surface area contributed by atoms with Crippen molar-refractivity contribution in [3.8, 4) is 0 Å². The molecule has 0 radical (unpaired) electrons. The van der Waals surface area contributed by atoms with Crippen LogP contribution in [0.4, 0.5) is 0 Å². The van der Waals surface area contributed by atoms with Gasteiger partial charge < -0.3 is 19.5 Å². The second-order valence-electron chi connectivity index (χ2n) is 6.23. The Bertz CT molecular complexity index is 760. The zero-order valence-electron chi connectivity index (χ0n) is 14.2. The second-order valence-corrected chi connectivity index (χ2v) is 6.23. The number of nitrogens with zero attached hydrogens (tertiary/aromatic N) is 1. The highest BCUT2D eigenvalue weighted by molar-refractivity contribution is 6.45. The zero-order valence-corrected chi connectivity index (χ0v) is 14.2. The van der Waals surface area contributed by atoms with Gasteiger partial charge in [-0.05, 0) is 13.0 Å². The molecule has 1 aliphatic heterocycles. The van der Waals surface area contributed by atoms with Gasteiger partial charge >= 0.3 is 0 Å². The van der Waals surface area contributed by atoms with Crippen molar-refractivity contribution in [3.63, 3.8) is 0 Å². The summed E-state index contributed by atoms with van der Waals surface area (Å²) in [7, 11) is 1.91. The van der Waals surface area contributed by atoms with E-state index in [1.165, 1.54) is 4.90 Å². The molecule has 1 fully saturated rings. The number of rotatable bonds is 5. The molecule has 0 atom stereocenters. The third kappa shape index (κ3) is 3.20. The molecular formula is C18H24N3O3+. The Kier molecular flexibility index (Phi) is 4.97. The summed E-state index contributed by atoms with van der Waals surface area (Å²) in [6.45, 7) is 6.62. The molecular weight excluding hydrogens is 306 g/mol. The highest BCUT2D eigenvalue weighted by Gasteiger charge is 2.24. The SMILES string of the molecule is Cc1c(C(=O)C(=O)NCC[NH+]2CCOCC2)c2ccccc2n1C. The van der Waals surface area contributed by atoms with Crippen LogP contribution in [-0.4, -0.2) is 55.7 Å². The van der Waals surface area contributed by atoms with Crippen molar-refractivity contribution in [3.05, 3.63) is 35.5 Å². The molecule has 1 amide bonds. The van der Waals surface area contributed by atoms with Gasteiger partial charge in [-0.2, -0.15) is 0 Å². The molecule has 0 aliphatic carbocycles. The Morgan fingerprint density at radius 1 is 1.25 bits per heavy atom. The lowest BCUT2D eigenvalue weighted by Gasteiger charge is -2.23. The highest BCUT2D eigenvalue weighted by Crippen LogP contribution is 2.25. The summed E-state index contributed by atoms with van der Waals surface area (Å²) >= 11 is 0. The van der Waals surface area contributed by atoms with E-state index in [1.807, 2.05) is 42.8 Å². The molecule has 2 N–H and O–H groups in total. The first-order chi connectivity index (χ1) is 11.6. The van der Waals surface area contributed by atoms with E-state index >= 15 is 0 Å². The number of carbonyl (C=O) groups is 2. The molecule has 2 heterocycles. The van der Waals surface area contributed by atoms with Crippen LogP contribution >= 0.6 is 0 Å². The van der Waals surface area contributed by atoms with E-state index in [2.05, 4.69) is 5.32 Å². The number of quaternary nitrogens is 1. The normalized spacial score (nSPS) is 15.6. The van der Waals surface area contributed by atoms with E-state index in [1.54, 1.807) is 0 Å². The largest absolute Gasteiger partial charge is 0.370 e. The fraction of sp³-hybridized carbons (Fsp3) is 0.444. The molecule has 1 aromatic heterocycles. The van der Waals surface area contributed by atoms with Crippen molar-refractivity contribution in [2.75, 3.05) is 39.4 Å². The number of benzene rings is 1. The summed E-state index contributed by atoms with van der Waals surface area (Å²) in [5.41, 5.74) is 2.28. The molecule has 1 aromatic carbocycles. The van der Waals surface area contributed by atoms with Gasteiger partial charge in [-0.1, -0.05) is 18.2 Å². The average molecular weight is 330 g/mol. The first-order valence-electron chi connectivity index (χ1n) is 8.37. The summed E-state index contributed by atoms with van der Waals surface area (Å²) < 4.78 is 7.27. The number of hydrogen-bond acceptors (Lipinski definition) is 3. The van der Waals surface area contributed by atoms with Gasteiger partial charge in [0.1, 0.15) is 13.1 Å². The molecule has 1 saturated heterocycles. The number of amides is 1. The molecule has 128 valence electrons. The maximum absolute atomic E-state index is 12.6. The van der Waals surface area contributed by atoms with Gasteiger partial charge in [-0.15, -0.1) is 0 Å². The summed E-state index contributed by atoms with van der Waals surface area (Å²) in [6, 6.07) is 7.67. The Balaban J connectivity index is 1.67. The van der Waals surface area contributed by atoms with Crippen LogP contribution < -0.4 is 10.2 Å². The topological polar surface area (TPSA) is 64.8 Å². The number of Topliss-reactive ketones (excluding diaryl/α,β-unsaturated/α-hetero) is 1. The van der Waals surface area contributed by atoms with Gasteiger partial charge in [0.05, 0.1) is 31.9 Å². The predicted octanol–water partition coefficient (Wildman–Crippen LogP) is -0.299. The smallest absolute Gasteiger partial charge is 0.292 e. The molecule has 0 saturated carbocycles. The lowest BCUT2D eigenvalue weighted by atomic mass is 10.1. The standard InChI is InChI=1S/C18H23N3O3/c1-13-16(14-5-3-4-6-15(14)20(13)2)17(22)18(23)19-7-8-21-9-11-24-12-10-21/h3-6H,7-12H2,1-2H3,(H,19,23)/p+1. The molecule has 6 nitrogen and oxygen atoms in total. The fourth-order valence-electron chi connectivity index (χ4n) is 3.26. The van der Waals surface area contributed by atoms with Crippen LogP contribution in [0.1, 0.15) is 16.1 Å². The lowest BCUT2D eigenvalue weighted by Crippen LogP contribution is -3.14. The van der Waals surface area contributed by atoms with Gasteiger partial charge in [0.2, 0.25) is 0 Å². The molecule has 24 heavy (non-hydrogen) atoms. The molecule has 2 aromatic rings. The molecule has 0 unspecified atom stereocenters. The number of ether oxygens (including phenoxy) is 1. The summed E-state index contributed by atoms with van der Waals surface area (Å²) in [6.07, 6.45) is 0. The van der Waals surface area contributed by atoms with Crippen LogP contribution in [0.25, 0.3) is 10.9 Å². The average Bonchev–Trinajstić information content (AvgIpc) is 2.86. The first kappa shape index (κ1) is 16.7. The Hall–Kier alpha value is -2.18. The number of fused-ring (bicyclic) bond motifs is 1. The molecule has 0 bridgehead atoms. The highest BCUT2D eigenvalue weighted by atomic mass is 16.5. The molecule has 1 aliphatic rings. The van der Waals surface area contributed by atoms with Gasteiger partial charge in [-0.25, -0.2) is 0 Å². The molecule has 6 heteroatoms. The van der Waals surface area contributed by atoms with Crippen LogP contribution in [0.2, 0.25) is 0 Å². The second kappa shape index (κ2) is 7.15. The van der Waals surface area contributed by atoms with Gasteiger partial charge in [0.25, 0.3) is 11.7 Å². The van der Waals surface area contributed by atoms with E-state index in [4.69, 9.17) is 4.74 Å². The quantitative estimate of drug-likeness (QED) is 0.584. The number of aromatic nitrogens is 1. The number of hydrogen-bond donors (Lipinski definition) is 2. The minimum atomic E-state index is -0.526.